The summed E-state index contributed by atoms with van der Waals surface area (Å²) in [7, 11) is -0.575. The van der Waals surface area contributed by atoms with Gasteiger partial charge in [-0.05, 0) is 86.6 Å². The maximum Gasteiger partial charge on any atom is 0.325 e. The molecule has 0 bridgehead atoms. The number of nitrogens with one attached hydrogen (secondary N) is 4. The number of anilines is 4. The van der Waals surface area contributed by atoms with Crippen LogP contribution in [0.3, 0.4) is 0 Å². The number of benzene rings is 4. The number of urea groups is 2. The first kappa shape index (κ1) is 49.6. The number of hydrogen-bond donors (Lipinski definition) is 4. The number of ether oxygens (including phenoxy) is 3. The highest BCUT2D eigenvalue weighted by molar-refractivity contribution is 7.90. The number of carbonyl (C=O) groups excluding carboxylic acids is 4. The Morgan fingerprint density at radius 1 is 0.557 bits per heavy atom. The number of methoxy groups -OCH3 is 2. The summed E-state index contributed by atoms with van der Waals surface area (Å²) in [5.41, 5.74) is 3.89. The zero-order chi connectivity index (χ0) is 49.6. The number of rotatable bonds is 16. The van der Waals surface area contributed by atoms with Gasteiger partial charge >= 0.3 is 12.1 Å². The Kier molecular flexibility index (Phi) is 16.4. The molecule has 4 N–H and O–H groups in total. The highest BCUT2D eigenvalue weighted by atomic mass is 32.2. The predicted molar refractivity (Wildman–Crippen MR) is 268 cm³/mol. The molecule has 0 spiro atoms. The molecular formula is C50H44N8O9S3. The van der Waals surface area contributed by atoms with E-state index in [1.807, 2.05) is 19.9 Å². The van der Waals surface area contributed by atoms with Crippen LogP contribution in [0.5, 0.6) is 17.2 Å². The van der Waals surface area contributed by atoms with Crippen molar-refractivity contribution in [2.75, 3.05) is 35.5 Å². The van der Waals surface area contributed by atoms with Gasteiger partial charge in [-0.2, -0.15) is 0 Å². The van der Waals surface area contributed by atoms with Gasteiger partial charge in [0.2, 0.25) is 0 Å². The maximum absolute atomic E-state index is 13.3. The molecule has 0 aliphatic heterocycles. The van der Waals surface area contributed by atoms with Crippen LogP contribution in [0.4, 0.5) is 31.2 Å². The lowest BCUT2D eigenvalue weighted by molar-refractivity contribution is 0.102. The number of para-hydroxylation sites is 2. The van der Waals surface area contributed by atoms with Crippen molar-refractivity contribution in [1.29, 1.82) is 0 Å². The number of amides is 4. The number of hydrogen-bond acceptors (Lipinski definition) is 15. The van der Waals surface area contributed by atoms with E-state index in [2.05, 4.69) is 41.2 Å². The minimum Gasteiger partial charge on any atom is -0.496 e. The van der Waals surface area contributed by atoms with E-state index in [1.165, 1.54) is 56.3 Å². The Morgan fingerprint density at radius 3 is 1.51 bits per heavy atom. The molecule has 0 aliphatic rings. The van der Waals surface area contributed by atoms with Crippen LogP contribution >= 0.6 is 22.7 Å². The molecule has 0 aliphatic carbocycles. The van der Waals surface area contributed by atoms with Crippen LogP contribution in [-0.2, 0) is 22.2 Å². The third-order valence-electron chi connectivity index (χ3n) is 9.96. The minimum atomic E-state index is -3.57. The Labute approximate surface area is 410 Å². The molecule has 4 aromatic carbocycles. The molecule has 17 nitrogen and oxygen atoms in total. The molecule has 4 amide bonds. The van der Waals surface area contributed by atoms with Crippen LogP contribution < -0.4 is 35.5 Å². The van der Waals surface area contributed by atoms with Gasteiger partial charge in [-0.3, -0.25) is 30.2 Å². The Balaban J connectivity index is 0.000000207. The standard InChI is InChI=1S/C25H22N4O5S2.C25H22N4O4S/c1-16-7-8-21(20(13-16)23(30)19-5-3-4-6-22(19)34-2)28-24(31)29-25-27-14-17(35-25)15-36(32,33)18-9-11-26-12-10-18;1-16-7-8-21(20(13-16)23(30)19-5-3-4-6-22(19)32-2)28-24(31)29-25-27-14-18(34-25)15-33-17-9-11-26-12-10-17/h3-14H,15H2,1-2H3,(H2,27,28,29,31);3-14H,15H2,1-2H3,(H2,27,28,29,31). The normalized spacial score (nSPS) is 10.7. The molecular weight excluding hydrogens is 953 g/mol. The van der Waals surface area contributed by atoms with Crippen LogP contribution in [-0.4, -0.2) is 66.2 Å². The average molecular weight is 997 g/mol. The van der Waals surface area contributed by atoms with Gasteiger partial charge in [0.15, 0.2) is 31.7 Å². The van der Waals surface area contributed by atoms with E-state index >= 15 is 0 Å². The van der Waals surface area contributed by atoms with Gasteiger partial charge in [0, 0.05) is 53.2 Å². The lowest BCUT2D eigenvalue weighted by atomic mass is 9.99. The lowest BCUT2D eigenvalue weighted by Gasteiger charge is -2.13. The average Bonchev–Trinajstić information content (AvgIpc) is 4.02. The number of ketones is 2. The summed E-state index contributed by atoms with van der Waals surface area (Å²) in [6, 6.07) is 29.5. The van der Waals surface area contributed by atoms with E-state index in [1.54, 1.807) is 110 Å². The lowest BCUT2D eigenvalue weighted by Crippen LogP contribution is -2.21. The van der Waals surface area contributed by atoms with Crippen molar-refractivity contribution in [1.82, 2.24) is 19.9 Å². The van der Waals surface area contributed by atoms with E-state index in [-0.39, 0.29) is 27.3 Å². The van der Waals surface area contributed by atoms with E-state index in [9.17, 15) is 27.6 Å². The Morgan fingerprint density at radius 2 is 1.01 bits per heavy atom. The minimum absolute atomic E-state index is 0.157. The van der Waals surface area contributed by atoms with Crippen molar-refractivity contribution in [2.24, 2.45) is 0 Å². The Hall–Kier alpha value is -8.33. The first-order chi connectivity index (χ1) is 33.8. The van der Waals surface area contributed by atoms with E-state index in [4.69, 9.17) is 14.2 Å². The van der Waals surface area contributed by atoms with Crippen LogP contribution in [0.25, 0.3) is 0 Å². The summed E-state index contributed by atoms with van der Waals surface area (Å²) in [6.07, 6.45) is 9.17. The number of nitrogens with zero attached hydrogens (tertiary/aromatic N) is 4. The fraction of sp³-hybridized carbons (Fsp3) is 0.120. The van der Waals surface area contributed by atoms with Gasteiger partial charge in [-0.25, -0.2) is 28.0 Å². The molecule has 70 heavy (non-hydrogen) atoms. The molecule has 0 fully saturated rings. The second-order valence-corrected chi connectivity index (χ2v) is 19.2. The predicted octanol–water partition coefficient (Wildman–Crippen LogP) is 10.0. The number of thiazole rings is 2. The van der Waals surface area contributed by atoms with Gasteiger partial charge < -0.3 is 24.8 Å². The Bertz CT molecular complexity index is 3260. The summed E-state index contributed by atoms with van der Waals surface area (Å²) < 4.78 is 41.5. The number of sulfone groups is 1. The number of carbonyl (C=O) groups is 4. The quantitative estimate of drug-likeness (QED) is 0.0661. The monoisotopic (exact) mass is 996 g/mol. The van der Waals surface area contributed by atoms with Crippen molar-refractivity contribution >= 4 is 77.8 Å². The zero-order valence-corrected chi connectivity index (χ0v) is 40.4. The summed E-state index contributed by atoms with van der Waals surface area (Å²) >= 11 is 2.35. The van der Waals surface area contributed by atoms with Crippen molar-refractivity contribution in [3.8, 4) is 17.2 Å². The number of pyridine rings is 2. The third kappa shape index (κ3) is 13.0. The van der Waals surface area contributed by atoms with Crippen LogP contribution in [0.2, 0.25) is 0 Å². The highest BCUT2D eigenvalue weighted by Crippen LogP contribution is 2.29. The molecule has 8 aromatic rings. The van der Waals surface area contributed by atoms with Crippen molar-refractivity contribution in [3.63, 3.8) is 0 Å². The zero-order valence-electron chi connectivity index (χ0n) is 38.0. The molecule has 0 radical (unpaired) electrons. The van der Waals surface area contributed by atoms with Crippen molar-refractivity contribution < 1.29 is 41.8 Å². The number of aryl methyl sites for hydroxylation is 2. The second-order valence-electron chi connectivity index (χ2n) is 15.0. The molecule has 4 aromatic heterocycles. The topological polar surface area (TPSA) is 230 Å². The maximum atomic E-state index is 13.3. The molecule has 356 valence electrons. The highest BCUT2D eigenvalue weighted by Gasteiger charge is 2.22. The first-order valence-corrected chi connectivity index (χ1v) is 24.4. The summed E-state index contributed by atoms with van der Waals surface area (Å²) in [5, 5.41) is 11.4. The fourth-order valence-corrected chi connectivity index (χ4v) is 9.81. The van der Waals surface area contributed by atoms with Crippen LogP contribution in [0, 0.1) is 13.8 Å². The fourth-order valence-electron chi connectivity index (χ4n) is 6.64. The van der Waals surface area contributed by atoms with Crippen molar-refractivity contribution in [2.45, 2.75) is 31.1 Å². The third-order valence-corrected chi connectivity index (χ3v) is 13.6. The van der Waals surface area contributed by atoms with E-state index < -0.39 is 21.9 Å². The smallest absolute Gasteiger partial charge is 0.325 e. The largest absolute Gasteiger partial charge is 0.496 e. The summed E-state index contributed by atoms with van der Waals surface area (Å²) in [5.74, 6) is 0.783. The molecule has 4 heterocycles. The molecule has 0 saturated heterocycles. The molecule has 0 saturated carbocycles. The van der Waals surface area contributed by atoms with Gasteiger partial charge in [0.25, 0.3) is 0 Å². The SMILES string of the molecule is COc1ccccc1C(=O)c1cc(C)ccc1NC(=O)Nc1ncc(COc2ccncc2)s1.COc1ccccc1C(=O)c1cc(C)ccc1NC(=O)Nc1ncc(CS(=O)(=O)c2ccncc2)s1. The summed E-state index contributed by atoms with van der Waals surface area (Å²) in [6.45, 7) is 4.05. The van der Waals surface area contributed by atoms with E-state index in [0.29, 0.717) is 67.5 Å². The molecule has 0 atom stereocenters. The molecule has 0 unspecified atom stereocenters. The van der Waals surface area contributed by atoms with Crippen molar-refractivity contribution in [3.05, 3.63) is 190 Å². The summed E-state index contributed by atoms with van der Waals surface area (Å²) in [4.78, 5) is 69.4. The van der Waals surface area contributed by atoms with Gasteiger partial charge in [-0.1, -0.05) is 58.9 Å². The van der Waals surface area contributed by atoms with Gasteiger partial charge in [-0.15, -0.1) is 11.3 Å². The molecule has 8 rings (SSSR count). The van der Waals surface area contributed by atoms with E-state index in [0.717, 1.165) is 27.3 Å². The van der Waals surface area contributed by atoms with Gasteiger partial charge in [0.1, 0.15) is 23.9 Å². The van der Waals surface area contributed by atoms with Crippen LogP contribution in [0.15, 0.2) is 151 Å². The van der Waals surface area contributed by atoms with Crippen LogP contribution in [0.1, 0.15) is 52.7 Å². The number of aromatic nitrogens is 4. The first-order valence-electron chi connectivity index (χ1n) is 21.1. The van der Waals surface area contributed by atoms with Gasteiger partial charge in [0.05, 0.1) is 52.2 Å². The second kappa shape index (κ2) is 23.1. The molecule has 20 heteroatoms.